The van der Waals surface area contributed by atoms with Crippen LogP contribution >= 0.6 is 0 Å². The van der Waals surface area contributed by atoms with E-state index in [4.69, 9.17) is 0 Å². The maximum atomic E-state index is 2.83. The Labute approximate surface area is 375 Å². The van der Waals surface area contributed by atoms with Gasteiger partial charge >= 0.3 is 0 Å². The molecule has 0 bridgehead atoms. The van der Waals surface area contributed by atoms with Crippen molar-refractivity contribution < 1.29 is 0 Å². The van der Waals surface area contributed by atoms with Crippen LogP contribution in [0.1, 0.15) is 122 Å². The predicted octanol–water partition coefficient (Wildman–Crippen LogP) is 14.2. The van der Waals surface area contributed by atoms with Crippen LogP contribution < -0.4 is 26.2 Å². The number of rotatable bonds is 6. The minimum absolute atomic E-state index is 0.144. The van der Waals surface area contributed by atoms with Gasteiger partial charge in [0.05, 0.1) is 5.69 Å². The largest absolute Gasteiger partial charge is 0.311 e. The average molecular weight is 817 g/mol. The first kappa shape index (κ1) is 37.7. The molecule has 2 fully saturated rings. The van der Waals surface area contributed by atoms with E-state index in [-0.39, 0.29) is 6.71 Å². The molecule has 7 aromatic carbocycles. The molecule has 2 saturated carbocycles. The van der Waals surface area contributed by atoms with Gasteiger partial charge in [0.1, 0.15) is 0 Å². The maximum Gasteiger partial charge on any atom is 0.252 e. The second-order valence-corrected chi connectivity index (χ2v) is 19.8. The van der Waals surface area contributed by atoms with Crippen molar-refractivity contribution in [1.82, 2.24) is 0 Å². The minimum atomic E-state index is 0.144. The fourth-order valence-electron chi connectivity index (χ4n) is 13.3. The van der Waals surface area contributed by atoms with Crippen LogP contribution in [0.5, 0.6) is 0 Å². The van der Waals surface area contributed by atoms with Crippen molar-refractivity contribution in [1.29, 1.82) is 0 Å². The molecule has 4 aliphatic carbocycles. The lowest BCUT2D eigenvalue weighted by Crippen LogP contribution is -2.61. The lowest BCUT2D eigenvalue weighted by molar-refractivity contribution is 0.444. The Morgan fingerprint density at radius 1 is 0.381 bits per heavy atom. The molecule has 2 nitrogen and oxygen atoms in total. The summed E-state index contributed by atoms with van der Waals surface area (Å²) in [5.41, 5.74) is 27.2. The van der Waals surface area contributed by atoms with Crippen LogP contribution in [0.4, 0.5) is 34.1 Å². The molecular weight excluding hydrogens is 759 g/mol. The van der Waals surface area contributed by atoms with Crippen molar-refractivity contribution in [2.24, 2.45) is 0 Å². The number of aryl methyl sites for hydroxylation is 2. The molecule has 13 rings (SSSR count). The van der Waals surface area contributed by atoms with Gasteiger partial charge in [0.15, 0.2) is 0 Å². The first-order valence-electron chi connectivity index (χ1n) is 24.7. The van der Waals surface area contributed by atoms with Crippen molar-refractivity contribution >= 4 is 57.2 Å². The molecule has 0 N–H and O–H groups in total. The quantitative estimate of drug-likeness (QED) is 0.154. The van der Waals surface area contributed by atoms with Gasteiger partial charge in [-0.3, -0.25) is 0 Å². The van der Waals surface area contributed by atoms with E-state index in [1.165, 1.54) is 181 Å². The molecule has 0 radical (unpaired) electrons. The number of hydrogen-bond donors (Lipinski definition) is 0. The summed E-state index contributed by atoms with van der Waals surface area (Å²) in [6, 6.07) is 55.0. The Balaban J connectivity index is 1.09. The molecule has 310 valence electrons. The summed E-state index contributed by atoms with van der Waals surface area (Å²) < 4.78 is 0. The molecule has 0 aromatic heterocycles. The third kappa shape index (κ3) is 6.28. The highest BCUT2D eigenvalue weighted by Gasteiger charge is 2.45. The molecule has 0 saturated heterocycles. The SMILES string of the molecule is c1ccc(-c2cc(-c3ccccc3)cc(N3c4cc(C5CCCCC5)ccc4B4c5ccc(C6CCCCC6)cc5N(c5c6c(cc7c5CCC7)CCC6)c5cccc3c54)c2)cc1. The Bertz CT molecular complexity index is 2790. The van der Waals surface area contributed by atoms with Crippen molar-refractivity contribution in [3.05, 3.63) is 173 Å². The number of benzene rings is 7. The second kappa shape index (κ2) is 15.5. The third-order valence-electron chi connectivity index (χ3n) is 16.3. The van der Waals surface area contributed by atoms with Crippen molar-refractivity contribution in [2.45, 2.75) is 115 Å². The van der Waals surface area contributed by atoms with E-state index in [9.17, 15) is 0 Å². The van der Waals surface area contributed by atoms with E-state index in [0.717, 1.165) is 0 Å². The number of nitrogens with zero attached hydrogens (tertiary/aromatic N) is 2. The van der Waals surface area contributed by atoms with E-state index in [2.05, 4.69) is 149 Å². The normalized spacial score (nSPS) is 17.9. The summed E-state index contributed by atoms with van der Waals surface area (Å²) in [6.07, 6.45) is 20.6. The van der Waals surface area contributed by atoms with E-state index >= 15 is 0 Å². The summed E-state index contributed by atoms with van der Waals surface area (Å²) >= 11 is 0. The minimum Gasteiger partial charge on any atom is -0.311 e. The van der Waals surface area contributed by atoms with Gasteiger partial charge in [-0.15, -0.1) is 0 Å². The first-order chi connectivity index (χ1) is 31.2. The molecule has 3 heteroatoms. The fraction of sp³-hybridized carbons (Fsp3) is 0.300. The van der Waals surface area contributed by atoms with Gasteiger partial charge in [-0.2, -0.15) is 0 Å². The van der Waals surface area contributed by atoms with E-state index in [1.807, 2.05) is 0 Å². The molecule has 0 unspecified atom stereocenters. The smallest absolute Gasteiger partial charge is 0.252 e. The molecule has 7 aromatic rings. The van der Waals surface area contributed by atoms with E-state index in [1.54, 1.807) is 27.8 Å². The highest BCUT2D eigenvalue weighted by Crippen LogP contribution is 2.51. The summed E-state index contributed by atoms with van der Waals surface area (Å²) in [7, 11) is 0. The highest BCUT2D eigenvalue weighted by atomic mass is 15.2. The predicted molar refractivity (Wildman–Crippen MR) is 267 cm³/mol. The lowest BCUT2D eigenvalue weighted by Gasteiger charge is -2.45. The molecule has 63 heavy (non-hydrogen) atoms. The fourth-order valence-corrected chi connectivity index (χ4v) is 13.3. The first-order valence-corrected chi connectivity index (χ1v) is 24.7. The number of fused-ring (bicyclic) bond motifs is 6. The van der Waals surface area contributed by atoms with E-state index < -0.39 is 0 Å². The third-order valence-corrected chi connectivity index (χ3v) is 16.3. The molecular formula is C60H57BN2. The molecule has 0 spiro atoms. The number of hydrogen-bond acceptors (Lipinski definition) is 2. The van der Waals surface area contributed by atoms with Crippen LogP contribution in [-0.4, -0.2) is 6.71 Å². The highest BCUT2D eigenvalue weighted by molar-refractivity contribution is 7.00. The Morgan fingerprint density at radius 2 is 0.889 bits per heavy atom. The van der Waals surface area contributed by atoms with Crippen molar-refractivity contribution in [2.75, 3.05) is 9.80 Å². The van der Waals surface area contributed by atoms with Crippen molar-refractivity contribution in [3.63, 3.8) is 0 Å². The summed E-state index contributed by atoms with van der Waals surface area (Å²) in [5, 5.41) is 0. The molecule has 2 aliphatic heterocycles. The van der Waals surface area contributed by atoms with E-state index in [0.29, 0.717) is 11.8 Å². The summed E-state index contributed by atoms with van der Waals surface area (Å²) in [6.45, 7) is 0.144. The Morgan fingerprint density at radius 3 is 1.43 bits per heavy atom. The zero-order valence-corrected chi connectivity index (χ0v) is 36.7. The van der Waals surface area contributed by atoms with Gasteiger partial charge in [-0.1, -0.05) is 136 Å². The summed E-state index contributed by atoms with van der Waals surface area (Å²) in [4.78, 5) is 5.52. The number of anilines is 6. The second-order valence-electron chi connectivity index (χ2n) is 19.8. The molecule has 0 atom stereocenters. The van der Waals surface area contributed by atoms with Crippen LogP contribution in [-0.2, 0) is 25.7 Å². The molecule has 0 amide bonds. The monoisotopic (exact) mass is 816 g/mol. The van der Waals surface area contributed by atoms with Gasteiger partial charge in [0, 0.05) is 28.4 Å². The van der Waals surface area contributed by atoms with Gasteiger partial charge in [0.2, 0.25) is 0 Å². The zero-order chi connectivity index (χ0) is 41.4. The maximum absolute atomic E-state index is 2.83. The molecule has 2 heterocycles. The van der Waals surface area contributed by atoms with Crippen LogP contribution in [0.3, 0.4) is 0 Å². The summed E-state index contributed by atoms with van der Waals surface area (Å²) in [5.74, 6) is 1.26. The van der Waals surface area contributed by atoms with Gasteiger partial charge < -0.3 is 9.80 Å². The zero-order valence-electron chi connectivity index (χ0n) is 36.7. The topological polar surface area (TPSA) is 6.48 Å². The van der Waals surface area contributed by atoms with Crippen LogP contribution in [0.2, 0.25) is 0 Å². The Hall–Kier alpha value is -5.80. The van der Waals surface area contributed by atoms with Crippen LogP contribution in [0.15, 0.2) is 140 Å². The average Bonchev–Trinajstić information content (AvgIpc) is 4.04. The Kier molecular flexibility index (Phi) is 9.27. The standard InChI is InChI=1S/C60H57BN2/c1-5-16-40(17-6-1)44-30-32-53-57(38-44)62(50-36-48(42-20-9-3-10-21-42)35-49(37-50)43-22-11-4-12-23-43)55-28-15-29-56-59(55)61(53)54-33-31-45(41-18-7-2-8-19-41)39-58(54)63(56)60-51-26-13-24-46(51)34-47-25-14-27-52(47)60/h3-4,9-12,15,20-23,28-41H,1-2,5-8,13-14,16-19,24-27H2. The van der Waals surface area contributed by atoms with Gasteiger partial charge in [-0.05, 0) is 191 Å². The van der Waals surface area contributed by atoms with Crippen LogP contribution in [0.25, 0.3) is 22.3 Å². The molecule has 6 aliphatic rings. The van der Waals surface area contributed by atoms with Crippen molar-refractivity contribution in [3.8, 4) is 22.3 Å². The lowest BCUT2D eigenvalue weighted by atomic mass is 9.33. The van der Waals surface area contributed by atoms with Gasteiger partial charge in [0.25, 0.3) is 6.71 Å². The van der Waals surface area contributed by atoms with Gasteiger partial charge in [-0.25, -0.2) is 0 Å². The van der Waals surface area contributed by atoms with Crippen LogP contribution in [0, 0.1) is 0 Å².